The number of amides is 1. The standard InChI is InChI=1S/C20H18F3N3O/c21-20(22,23)17-10-5-4-9-16(17)19(27)25-11-6-13-26-14-12-24-18(26)15-7-2-1-3-8-15/h1-5,7-10,12,14H,6,11,13H2,(H,25,27). The van der Waals surface area contributed by atoms with Crippen LogP contribution in [0.1, 0.15) is 22.3 Å². The van der Waals surface area contributed by atoms with Gasteiger partial charge in [-0.25, -0.2) is 4.98 Å². The Labute approximate surface area is 154 Å². The number of aryl methyl sites for hydroxylation is 1. The van der Waals surface area contributed by atoms with E-state index in [0.29, 0.717) is 13.0 Å². The van der Waals surface area contributed by atoms with Gasteiger partial charge in [0.2, 0.25) is 0 Å². The van der Waals surface area contributed by atoms with Gasteiger partial charge in [0.1, 0.15) is 5.82 Å². The van der Waals surface area contributed by atoms with E-state index < -0.39 is 17.6 Å². The lowest BCUT2D eigenvalue weighted by Gasteiger charge is -2.13. The van der Waals surface area contributed by atoms with Crippen LogP contribution in [0.5, 0.6) is 0 Å². The van der Waals surface area contributed by atoms with Gasteiger partial charge < -0.3 is 9.88 Å². The summed E-state index contributed by atoms with van der Waals surface area (Å²) < 4.78 is 40.9. The van der Waals surface area contributed by atoms with Gasteiger partial charge in [0.25, 0.3) is 5.91 Å². The molecule has 3 rings (SSSR count). The maximum absolute atomic E-state index is 13.0. The molecule has 1 aromatic heterocycles. The Hall–Kier alpha value is -3.09. The van der Waals surface area contributed by atoms with Crippen molar-refractivity contribution in [3.63, 3.8) is 0 Å². The van der Waals surface area contributed by atoms with Gasteiger partial charge >= 0.3 is 6.18 Å². The van der Waals surface area contributed by atoms with E-state index in [-0.39, 0.29) is 12.1 Å². The van der Waals surface area contributed by atoms with Crippen molar-refractivity contribution in [1.29, 1.82) is 0 Å². The molecule has 140 valence electrons. The molecule has 1 heterocycles. The van der Waals surface area contributed by atoms with Crippen molar-refractivity contribution in [2.75, 3.05) is 6.54 Å². The van der Waals surface area contributed by atoms with Crippen molar-refractivity contribution in [2.24, 2.45) is 0 Å². The van der Waals surface area contributed by atoms with Crippen molar-refractivity contribution < 1.29 is 18.0 Å². The van der Waals surface area contributed by atoms with Crippen molar-refractivity contribution >= 4 is 5.91 Å². The molecule has 27 heavy (non-hydrogen) atoms. The second-order valence-electron chi connectivity index (χ2n) is 5.96. The zero-order valence-electron chi connectivity index (χ0n) is 14.4. The molecule has 0 aliphatic heterocycles. The minimum absolute atomic E-state index is 0.261. The number of aromatic nitrogens is 2. The minimum Gasteiger partial charge on any atom is -0.352 e. The van der Waals surface area contributed by atoms with Gasteiger partial charge in [-0.15, -0.1) is 0 Å². The molecular weight excluding hydrogens is 355 g/mol. The number of benzene rings is 2. The number of carbonyl (C=O) groups is 1. The monoisotopic (exact) mass is 373 g/mol. The molecular formula is C20H18F3N3O. The fourth-order valence-electron chi connectivity index (χ4n) is 2.81. The zero-order chi connectivity index (χ0) is 19.3. The van der Waals surface area contributed by atoms with Crippen LogP contribution in [0, 0.1) is 0 Å². The summed E-state index contributed by atoms with van der Waals surface area (Å²) >= 11 is 0. The van der Waals surface area contributed by atoms with Crippen LogP contribution in [-0.4, -0.2) is 22.0 Å². The van der Waals surface area contributed by atoms with Gasteiger partial charge in [-0.2, -0.15) is 13.2 Å². The number of imidazole rings is 1. The number of hydrogen-bond acceptors (Lipinski definition) is 2. The van der Waals surface area contributed by atoms with E-state index in [4.69, 9.17) is 0 Å². The molecule has 0 aliphatic carbocycles. The quantitative estimate of drug-likeness (QED) is 0.652. The second-order valence-corrected chi connectivity index (χ2v) is 5.96. The SMILES string of the molecule is O=C(NCCCn1ccnc1-c1ccccc1)c1ccccc1C(F)(F)F. The minimum atomic E-state index is -4.56. The Bertz CT molecular complexity index is 904. The van der Waals surface area contributed by atoms with Crippen LogP contribution in [0.3, 0.4) is 0 Å². The topological polar surface area (TPSA) is 46.9 Å². The smallest absolute Gasteiger partial charge is 0.352 e. The number of nitrogens with one attached hydrogen (secondary N) is 1. The maximum Gasteiger partial charge on any atom is 0.417 e. The molecule has 0 aliphatic rings. The average Bonchev–Trinajstić information content (AvgIpc) is 3.13. The van der Waals surface area contributed by atoms with Crippen molar-refractivity contribution in [1.82, 2.24) is 14.9 Å². The summed E-state index contributed by atoms with van der Waals surface area (Å²) in [5.41, 5.74) is -0.313. The molecule has 7 heteroatoms. The third-order valence-electron chi connectivity index (χ3n) is 4.09. The molecule has 0 bridgehead atoms. The molecule has 0 unspecified atom stereocenters. The predicted octanol–water partition coefficient (Wildman–Crippen LogP) is 4.39. The normalized spacial score (nSPS) is 11.4. The summed E-state index contributed by atoms with van der Waals surface area (Å²) in [4.78, 5) is 16.5. The first-order valence-electron chi connectivity index (χ1n) is 8.48. The summed E-state index contributed by atoms with van der Waals surface area (Å²) in [6.45, 7) is 0.850. The molecule has 0 saturated carbocycles. The second kappa shape index (κ2) is 8.07. The van der Waals surface area contributed by atoms with Gasteiger partial charge in [-0.05, 0) is 18.6 Å². The molecule has 4 nitrogen and oxygen atoms in total. The van der Waals surface area contributed by atoms with Crippen LogP contribution < -0.4 is 5.32 Å². The lowest BCUT2D eigenvalue weighted by atomic mass is 10.1. The number of rotatable bonds is 6. The van der Waals surface area contributed by atoms with Crippen LogP contribution in [0.2, 0.25) is 0 Å². The van der Waals surface area contributed by atoms with E-state index in [1.54, 1.807) is 6.20 Å². The molecule has 0 atom stereocenters. The van der Waals surface area contributed by atoms with Crippen LogP contribution in [0.4, 0.5) is 13.2 Å². The highest BCUT2D eigenvalue weighted by molar-refractivity contribution is 5.95. The Balaban J connectivity index is 1.58. The van der Waals surface area contributed by atoms with E-state index in [2.05, 4.69) is 10.3 Å². The fourth-order valence-corrected chi connectivity index (χ4v) is 2.81. The summed E-state index contributed by atoms with van der Waals surface area (Å²) in [5, 5.41) is 2.56. The lowest BCUT2D eigenvalue weighted by Crippen LogP contribution is -2.27. The number of halogens is 3. The van der Waals surface area contributed by atoms with Gasteiger partial charge in [0, 0.05) is 31.0 Å². The molecule has 1 amide bonds. The molecule has 1 N–H and O–H groups in total. The highest BCUT2D eigenvalue weighted by Crippen LogP contribution is 2.31. The molecule has 0 spiro atoms. The number of carbonyl (C=O) groups excluding carboxylic acids is 1. The Morgan fingerprint density at radius 2 is 1.74 bits per heavy atom. The first kappa shape index (κ1) is 18.7. The third kappa shape index (κ3) is 4.55. The van der Waals surface area contributed by atoms with E-state index in [0.717, 1.165) is 17.5 Å². The highest BCUT2D eigenvalue weighted by Gasteiger charge is 2.34. The van der Waals surface area contributed by atoms with E-state index >= 15 is 0 Å². The van der Waals surface area contributed by atoms with Gasteiger partial charge in [-0.1, -0.05) is 42.5 Å². The predicted molar refractivity (Wildman–Crippen MR) is 96.1 cm³/mol. The number of alkyl halides is 3. The van der Waals surface area contributed by atoms with E-state index in [1.807, 2.05) is 41.1 Å². The summed E-state index contributed by atoms with van der Waals surface area (Å²) in [6, 6.07) is 14.5. The van der Waals surface area contributed by atoms with E-state index in [9.17, 15) is 18.0 Å². The highest BCUT2D eigenvalue weighted by atomic mass is 19.4. The summed E-state index contributed by atoms with van der Waals surface area (Å²) in [6.07, 6.45) is -0.463. The molecule has 0 fully saturated rings. The van der Waals surface area contributed by atoms with Gasteiger partial charge in [0.15, 0.2) is 0 Å². The number of hydrogen-bond donors (Lipinski definition) is 1. The van der Waals surface area contributed by atoms with Crippen molar-refractivity contribution in [2.45, 2.75) is 19.1 Å². The van der Waals surface area contributed by atoms with Crippen LogP contribution in [0.15, 0.2) is 67.0 Å². The van der Waals surface area contributed by atoms with Gasteiger partial charge in [0.05, 0.1) is 11.1 Å². The Kier molecular flexibility index (Phi) is 5.59. The first-order chi connectivity index (χ1) is 13.0. The molecule has 2 aromatic carbocycles. The fraction of sp³-hybridized carbons (Fsp3) is 0.200. The summed E-state index contributed by atoms with van der Waals surface area (Å²) in [7, 11) is 0. The Morgan fingerprint density at radius 1 is 1.04 bits per heavy atom. The van der Waals surface area contributed by atoms with Crippen LogP contribution in [-0.2, 0) is 12.7 Å². The Morgan fingerprint density at radius 3 is 2.48 bits per heavy atom. The van der Waals surface area contributed by atoms with Crippen LogP contribution in [0.25, 0.3) is 11.4 Å². The first-order valence-corrected chi connectivity index (χ1v) is 8.48. The zero-order valence-corrected chi connectivity index (χ0v) is 14.4. The summed E-state index contributed by atoms with van der Waals surface area (Å²) in [5.74, 6) is 0.0844. The number of nitrogens with zero attached hydrogens (tertiary/aromatic N) is 2. The van der Waals surface area contributed by atoms with Gasteiger partial charge in [-0.3, -0.25) is 4.79 Å². The largest absolute Gasteiger partial charge is 0.417 e. The van der Waals surface area contributed by atoms with Crippen LogP contribution >= 0.6 is 0 Å². The average molecular weight is 373 g/mol. The molecule has 0 radical (unpaired) electrons. The lowest BCUT2D eigenvalue weighted by molar-refractivity contribution is -0.137. The third-order valence-corrected chi connectivity index (χ3v) is 4.09. The molecule has 3 aromatic rings. The van der Waals surface area contributed by atoms with Crippen molar-refractivity contribution in [3.8, 4) is 11.4 Å². The van der Waals surface area contributed by atoms with Crippen molar-refractivity contribution in [3.05, 3.63) is 78.1 Å². The van der Waals surface area contributed by atoms with E-state index in [1.165, 1.54) is 18.2 Å². The molecule has 0 saturated heterocycles. The maximum atomic E-state index is 13.0.